The number of amides is 2. The SMILES string of the molecule is CCC(C)c1ccc(OCC(=O)NNC(=O)c2ccc(C)c(Br)c2)cc1. The van der Waals surface area contributed by atoms with E-state index in [1.165, 1.54) is 5.56 Å². The summed E-state index contributed by atoms with van der Waals surface area (Å²) in [4.78, 5) is 23.9. The molecule has 0 heterocycles. The van der Waals surface area contributed by atoms with E-state index < -0.39 is 11.8 Å². The van der Waals surface area contributed by atoms with E-state index in [0.29, 0.717) is 17.2 Å². The molecule has 2 aromatic rings. The molecule has 0 aliphatic rings. The van der Waals surface area contributed by atoms with Crippen LogP contribution in [-0.4, -0.2) is 18.4 Å². The number of hydrazine groups is 1. The fraction of sp³-hybridized carbons (Fsp3) is 0.300. The van der Waals surface area contributed by atoms with Crippen molar-refractivity contribution >= 4 is 27.7 Å². The molecular weight excluding hydrogens is 396 g/mol. The van der Waals surface area contributed by atoms with Crippen molar-refractivity contribution < 1.29 is 14.3 Å². The third-order valence-corrected chi connectivity index (χ3v) is 5.04. The van der Waals surface area contributed by atoms with Crippen molar-refractivity contribution in [2.75, 3.05) is 6.61 Å². The predicted molar refractivity (Wildman–Crippen MR) is 105 cm³/mol. The number of hydrogen-bond donors (Lipinski definition) is 2. The molecule has 1 atom stereocenters. The summed E-state index contributed by atoms with van der Waals surface area (Å²) >= 11 is 3.38. The van der Waals surface area contributed by atoms with Crippen LogP contribution < -0.4 is 15.6 Å². The van der Waals surface area contributed by atoms with Gasteiger partial charge < -0.3 is 4.74 Å². The van der Waals surface area contributed by atoms with E-state index in [9.17, 15) is 9.59 Å². The quantitative estimate of drug-likeness (QED) is 0.693. The summed E-state index contributed by atoms with van der Waals surface area (Å²) in [5.74, 6) is 0.276. The van der Waals surface area contributed by atoms with Gasteiger partial charge in [0.1, 0.15) is 5.75 Å². The van der Waals surface area contributed by atoms with Gasteiger partial charge in [-0.2, -0.15) is 0 Å². The van der Waals surface area contributed by atoms with Crippen LogP contribution in [0.4, 0.5) is 0 Å². The highest BCUT2D eigenvalue weighted by Crippen LogP contribution is 2.21. The topological polar surface area (TPSA) is 67.4 Å². The molecule has 2 rings (SSSR count). The van der Waals surface area contributed by atoms with Gasteiger partial charge in [0.25, 0.3) is 11.8 Å². The smallest absolute Gasteiger partial charge is 0.276 e. The first kappa shape index (κ1) is 20.0. The first-order valence-electron chi connectivity index (χ1n) is 8.48. The van der Waals surface area contributed by atoms with Crippen molar-refractivity contribution in [1.82, 2.24) is 10.9 Å². The Kier molecular flexibility index (Phi) is 7.21. The number of carbonyl (C=O) groups is 2. The average molecular weight is 419 g/mol. The lowest BCUT2D eigenvalue weighted by molar-refractivity contribution is -0.123. The minimum atomic E-state index is -0.435. The maximum atomic E-state index is 12.0. The first-order chi connectivity index (χ1) is 12.4. The molecule has 0 saturated carbocycles. The van der Waals surface area contributed by atoms with Gasteiger partial charge >= 0.3 is 0 Å². The lowest BCUT2D eigenvalue weighted by atomic mass is 9.99. The van der Waals surface area contributed by atoms with E-state index in [0.717, 1.165) is 16.5 Å². The molecule has 0 bridgehead atoms. The molecule has 0 spiro atoms. The third kappa shape index (κ3) is 5.59. The molecule has 0 aromatic heterocycles. The van der Waals surface area contributed by atoms with Gasteiger partial charge in [0, 0.05) is 10.0 Å². The van der Waals surface area contributed by atoms with Crippen LogP contribution in [0.25, 0.3) is 0 Å². The number of hydrogen-bond acceptors (Lipinski definition) is 3. The molecular formula is C20H23BrN2O3. The van der Waals surface area contributed by atoms with Crippen LogP contribution in [0.2, 0.25) is 0 Å². The number of ether oxygens (including phenoxy) is 1. The molecule has 26 heavy (non-hydrogen) atoms. The van der Waals surface area contributed by atoms with Gasteiger partial charge in [-0.05, 0) is 54.7 Å². The highest BCUT2D eigenvalue weighted by Gasteiger charge is 2.09. The number of carbonyl (C=O) groups excluding carboxylic acids is 2. The molecule has 2 N–H and O–H groups in total. The van der Waals surface area contributed by atoms with Gasteiger partial charge in [0.05, 0.1) is 0 Å². The van der Waals surface area contributed by atoms with E-state index in [1.54, 1.807) is 12.1 Å². The molecule has 2 amide bonds. The summed E-state index contributed by atoms with van der Waals surface area (Å²) < 4.78 is 6.27. The second-order valence-electron chi connectivity index (χ2n) is 6.13. The molecule has 5 nitrogen and oxygen atoms in total. The molecule has 0 saturated heterocycles. The molecule has 0 aliphatic carbocycles. The lowest BCUT2D eigenvalue weighted by Crippen LogP contribution is -2.43. The zero-order chi connectivity index (χ0) is 19.1. The van der Waals surface area contributed by atoms with Crippen LogP contribution in [0.15, 0.2) is 46.9 Å². The Morgan fingerprint density at radius 3 is 2.42 bits per heavy atom. The second-order valence-corrected chi connectivity index (χ2v) is 6.99. The number of benzene rings is 2. The Bertz CT molecular complexity index is 775. The normalized spacial score (nSPS) is 11.5. The minimum Gasteiger partial charge on any atom is -0.484 e. The largest absolute Gasteiger partial charge is 0.484 e. The molecule has 0 fully saturated rings. The third-order valence-electron chi connectivity index (χ3n) is 4.18. The fourth-order valence-corrected chi connectivity index (χ4v) is 2.62. The minimum absolute atomic E-state index is 0.180. The van der Waals surface area contributed by atoms with Crippen LogP contribution in [0.1, 0.15) is 47.7 Å². The Labute approximate surface area is 162 Å². The molecule has 138 valence electrons. The Morgan fingerprint density at radius 2 is 1.81 bits per heavy atom. The summed E-state index contributed by atoms with van der Waals surface area (Å²) in [6.45, 7) is 6.06. The van der Waals surface area contributed by atoms with E-state index in [2.05, 4.69) is 40.6 Å². The van der Waals surface area contributed by atoms with Crippen molar-refractivity contribution in [3.05, 3.63) is 63.6 Å². The number of aryl methyl sites for hydroxylation is 1. The van der Waals surface area contributed by atoms with Gasteiger partial charge in [-0.15, -0.1) is 0 Å². The van der Waals surface area contributed by atoms with Crippen molar-refractivity contribution in [2.45, 2.75) is 33.1 Å². The molecule has 1 unspecified atom stereocenters. The maximum absolute atomic E-state index is 12.0. The monoisotopic (exact) mass is 418 g/mol. The molecule has 0 radical (unpaired) electrons. The fourth-order valence-electron chi connectivity index (χ4n) is 2.25. The highest BCUT2D eigenvalue weighted by molar-refractivity contribution is 9.10. The van der Waals surface area contributed by atoms with Gasteiger partial charge in [-0.1, -0.05) is 48.0 Å². The van der Waals surface area contributed by atoms with E-state index >= 15 is 0 Å². The maximum Gasteiger partial charge on any atom is 0.276 e. The van der Waals surface area contributed by atoms with E-state index in [1.807, 2.05) is 37.3 Å². The van der Waals surface area contributed by atoms with Crippen LogP contribution in [0.3, 0.4) is 0 Å². The molecule has 2 aromatic carbocycles. The average Bonchev–Trinajstić information content (AvgIpc) is 2.66. The Balaban J connectivity index is 1.79. The van der Waals surface area contributed by atoms with E-state index in [4.69, 9.17) is 4.74 Å². The van der Waals surface area contributed by atoms with Gasteiger partial charge in [-0.25, -0.2) is 0 Å². The standard InChI is InChI=1S/C20H23BrN2O3/c1-4-13(2)15-7-9-17(10-8-15)26-12-19(24)22-23-20(25)16-6-5-14(3)18(21)11-16/h5-11,13H,4,12H2,1-3H3,(H,22,24)(H,23,25). The van der Waals surface area contributed by atoms with Crippen LogP contribution >= 0.6 is 15.9 Å². The van der Waals surface area contributed by atoms with Gasteiger partial charge in [0.2, 0.25) is 0 Å². The zero-order valence-corrected chi connectivity index (χ0v) is 16.7. The van der Waals surface area contributed by atoms with Crippen molar-refractivity contribution in [2.24, 2.45) is 0 Å². The van der Waals surface area contributed by atoms with E-state index in [-0.39, 0.29) is 6.61 Å². The zero-order valence-electron chi connectivity index (χ0n) is 15.1. The highest BCUT2D eigenvalue weighted by atomic mass is 79.9. The summed E-state index contributed by atoms with van der Waals surface area (Å²) in [5, 5.41) is 0. The van der Waals surface area contributed by atoms with Gasteiger partial charge in [-0.3, -0.25) is 20.4 Å². The first-order valence-corrected chi connectivity index (χ1v) is 9.28. The Morgan fingerprint density at radius 1 is 1.12 bits per heavy atom. The Hall–Kier alpha value is -2.34. The van der Waals surface area contributed by atoms with Gasteiger partial charge in [0.15, 0.2) is 6.61 Å². The van der Waals surface area contributed by atoms with Crippen LogP contribution in [0.5, 0.6) is 5.75 Å². The van der Waals surface area contributed by atoms with Crippen molar-refractivity contribution in [3.63, 3.8) is 0 Å². The lowest BCUT2D eigenvalue weighted by Gasteiger charge is -2.11. The summed E-state index contributed by atoms with van der Waals surface area (Å²) in [6.07, 6.45) is 1.07. The second kappa shape index (κ2) is 9.38. The molecule has 6 heteroatoms. The number of halogens is 1. The number of nitrogens with one attached hydrogen (secondary N) is 2. The predicted octanol–water partition coefficient (Wildman–Crippen LogP) is 4.11. The van der Waals surface area contributed by atoms with Crippen molar-refractivity contribution in [1.29, 1.82) is 0 Å². The van der Waals surface area contributed by atoms with Crippen LogP contribution in [0, 0.1) is 6.92 Å². The van der Waals surface area contributed by atoms with Crippen LogP contribution in [-0.2, 0) is 4.79 Å². The summed E-state index contributed by atoms with van der Waals surface area (Å²) in [5.41, 5.74) is 7.43. The van der Waals surface area contributed by atoms with Crippen molar-refractivity contribution in [3.8, 4) is 5.75 Å². The summed E-state index contributed by atoms with van der Waals surface area (Å²) in [6, 6.07) is 12.9. The molecule has 0 aliphatic heterocycles. The number of rotatable bonds is 6. The summed E-state index contributed by atoms with van der Waals surface area (Å²) in [7, 11) is 0.